The van der Waals surface area contributed by atoms with Crippen LogP contribution in [0.15, 0.2) is 11.1 Å². The number of hydrogen-bond donors (Lipinski definition) is 0. The Bertz CT molecular complexity index is 212. The molecule has 0 aromatic carbocycles. The molecule has 0 fully saturated rings. The number of rotatable bonds is 3. The minimum atomic E-state index is 0.855. The molecular weight excluding hydrogens is 169 g/mol. The molecule has 0 N–H and O–H groups in total. The number of hydrogen-bond acceptors (Lipinski definition) is 1. The molecular formula is C12H22BN. The van der Waals surface area contributed by atoms with Crippen LogP contribution in [0, 0.1) is 0 Å². The van der Waals surface area contributed by atoms with E-state index in [1.54, 1.807) is 0 Å². The quantitative estimate of drug-likeness (QED) is 0.489. The minimum absolute atomic E-state index is 0.855. The van der Waals surface area contributed by atoms with E-state index in [1.165, 1.54) is 51.4 Å². The van der Waals surface area contributed by atoms with Gasteiger partial charge in [0.25, 0.3) is 0 Å². The highest BCUT2D eigenvalue weighted by Crippen LogP contribution is 2.38. The third-order valence-electron chi connectivity index (χ3n) is 4.00. The summed E-state index contributed by atoms with van der Waals surface area (Å²) in [6, 6.07) is 0. The summed E-state index contributed by atoms with van der Waals surface area (Å²) in [5, 5.41) is 0. The molecule has 1 aliphatic carbocycles. The van der Waals surface area contributed by atoms with Crippen molar-refractivity contribution < 1.29 is 0 Å². The van der Waals surface area contributed by atoms with Gasteiger partial charge in [0.15, 0.2) is 0 Å². The summed E-state index contributed by atoms with van der Waals surface area (Å²) in [5.74, 6) is 0. The second-order valence-electron chi connectivity index (χ2n) is 4.70. The first-order valence-electron chi connectivity index (χ1n) is 6.29. The monoisotopic (exact) mass is 191 g/mol. The zero-order valence-electron chi connectivity index (χ0n) is 9.68. The first kappa shape index (κ1) is 10.3. The molecule has 14 heavy (non-hydrogen) atoms. The summed E-state index contributed by atoms with van der Waals surface area (Å²) in [7, 11) is 0. The lowest BCUT2D eigenvalue weighted by Gasteiger charge is -2.23. The summed E-state index contributed by atoms with van der Waals surface area (Å²) in [6.07, 6.45) is 8.49. The van der Waals surface area contributed by atoms with Crippen LogP contribution in [0.5, 0.6) is 0 Å². The van der Waals surface area contributed by atoms with Crippen molar-refractivity contribution in [3.8, 4) is 0 Å². The second kappa shape index (κ2) is 4.52. The van der Waals surface area contributed by atoms with Gasteiger partial charge in [-0.3, -0.25) is 0 Å². The molecule has 1 heterocycles. The van der Waals surface area contributed by atoms with E-state index in [9.17, 15) is 0 Å². The van der Waals surface area contributed by atoms with Crippen molar-refractivity contribution in [3.05, 3.63) is 11.1 Å². The first-order chi connectivity index (χ1) is 6.85. The first-order valence-corrected chi connectivity index (χ1v) is 6.29. The predicted molar refractivity (Wildman–Crippen MR) is 63.8 cm³/mol. The van der Waals surface area contributed by atoms with E-state index in [1.807, 2.05) is 11.1 Å². The molecule has 2 rings (SSSR count). The predicted octanol–water partition coefficient (Wildman–Crippen LogP) is 3.20. The lowest BCUT2D eigenvalue weighted by Crippen LogP contribution is -2.37. The van der Waals surface area contributed by atoms with Crippen LogP contribution < -0.4 is 0 Å². The molecule has 0 unspecified atom stereocenters. The molecule has 0 saturated carbocycles. The molecule has 0 saturated heterocycles. The van der Waals surface area contributed by atoms with Gasteiger partial charge in [-0.1, -0.05) is 25.0 Å². The fourth-order valence-corrected chi connectivity index (χ4v) is 3.16. The SMILES string of the molecule is CCN(CC)B1CC2=C(CCCC2)C1. The maximum atomic E-state index is 2.64. The summed E-state index contributed by atoms with van der Waals surface area (Å²) in [5.41, 5.74) is 3.65. The Kier molecular flexibility index (Phi) is 3.32. The van der Waals surface area contributed by atoms with Crippen molar-refractivity contribution in [2.24, 2.45) is 0 Å². The van der Waals surface area contributed by atoms with Crippen molar-refractivity contribution >= 4 is 6.85 Å². The molecule has 2 heteroatoms. The van der Waals surface area contributed by atoms with Crippen LogP contribution in [-0.4, -0.2) is 24.7 Å². The molecule has 0 atom stereocenters. The Labute approximate surface area is 88.7 Å². The third-order valence-corrected chi connectivity index (χ3v) is 4.00. The van der Waals surface area contributed by atoms with Crippen LogP contribution >= 0.6 is 0 Å². The Morgan fingerprint density at radius 2 is 1.50 bits per heavy atom. The Morgan fingerprint density at radius 1 is 1.00 bits per heavy atom. The zero-order valence-corrected chi connectivity index (χ0v) is 9.68. The van der Waals surface area contributed by atoms with Crippen molar-refractivity contribution in [3.63, 3.8) is 0 Å². The van der Waals surface area contributed by atoms with Crippen molar-refractivity contribution in [2.45, 2.75) is 52.2 Å². The van der Waals surface area contributed by atoms with Gasteiger partial charge in [0, 0.05) is 0 Å². The number of allylic oxidation sites excluding steroid dienone is 2. The molecule has 0 aromatic heterocycles. The second-order valence-corrected chi connectivity index (χ2v) is 4.70. The standard InChI is InChI=1S/C12H22BN/c1-3-14(4-2)13-9-11-7-5-6-8-12(11)10-13/h3-10H2,1-2H3. The van der Waals surface area contributed by atoms with E-state index in [0.29, 0.717) is 0 Å². The van der Waals surface area contributed by atoms with Crippen molar-refractivity contribution in [1.29, 1.82) is 0 Å². The highest BCUT2D eigenvalue weighted by Gasteiger charge is 2.31. The number of nitrogens with zero attached hydrogens (tertiary/aromatic N) is 1. The molecule has 0 radical (unpaired) electrons. The molecule has 0 spiro atoms. The van der Waals surface area contributed by atoms with Crippen LogP contribution in [-0.2, 0) is 0 Å². The van der Waals surface area contributed by atoms with E-state index >= 15 is 0 Å². The minimum Gasteiger partial charge on any atom is -0.342 e. The van der Waals surface area contributed by atoms with Crippen LogP contribution in [0.3, 0.4) is 0 Å². The highest BCUT2D eigenvalue weighted by molar-refractivity contribution is 6.58. The topological polar surface area (TPSA) is 3.24 Å². The smallest absolute Gasteiger partial charge is 0.231 e. The van der Waals surface area contributed by atoms with Gasteiger partial charge >= 0.3 is 0 Å². The molecule has 0 aromatic rings. The molecule has 0 amide bonds. The summed E-state index contributed by atoms with van der Waals surface area (Å²) in [6.45, 7) is 7.89. The van der Waals surface area contributed by atoms with Gasteiger partial charge in [0.1, 0.15) is 0 Å². The summed E-state index contributed by atoms with van der Waals surface area (Å²) >= 11 is 0. The third kappa shape index (κ3) is 1.90. The molecule has 1 aliphatic heterocycles. The van der Waals surface area contributed by atoms with E-state index in [0.717, 1.165) is 6.85 Å². The van der Waals surface area contributed by atoms with E-state index in [4.69, 9.17) is 0 Å². The maximum absolute atomic E-state index is 2.64. The zero-order chi connectivity index (χ0) is 9.97. The average Bonchev–Trinajstić information content (AvgIpc) is 2.63. The van der Waals surface area contributed by atoms with E-state index in [2.05, 4.69) is 18.7 Å². The van der Waals surface area contributed by atoms with Gasteiger partial charge < -0.3 is 4.81 Å². The molecule has 2 aliphatic rings. The largest absolute Gasteiger partial charge is 0.342 e. The van der Waals surface area contributed by atoms with E-state index in [-0.39, 0.29) is 0 Å². The van der Waals surface area contributed by atoms with Crippen LogP contribution in [0.25, 0.3) is 0 Å². The Balaban J connectivity index is 1.96. The van der Waals surface area contributed by atoms with Crippen LogP contribution in [0.1, 0.15) is 39.5 Å². The van der Waals surface area contributed by atoms with Gasteiger partial charge in [-0.05, 0) is 51.4 Å². The molecule has 1 nitrogen and oxygen atoms in total. The van der Waals surface area contributed by atoms with Crippen molar-refractivity contribution in [2.75, 3.05) is 13.1 Å². The van der Waals surface area contributed by atoms with E-state index < -0.39 is 0 Å². The fraction of sp³-hybridized carbons (Fsp3) is 0.833. The Hall–Kier alpha value is -0.235. The maximum Gasteiger partial charge on any atom is 0.231 e. The van der Waals surface area contributed by atoms with Gasteiger partial charge in [-0.2, -0.15) is 0 Å². The average molecular weight is 191 g/mol. The van der Waals surface area contributed by atoms with Crippen molar-refractivity contribution in [1.82, 2.24) is 4.81 Å². The van der Waals surface area contributed by atoms with Gasteiger partial charge in [-0.25, -0.2) is 0 Å². The van der Waals surface area contributed by atoms with Gasteiger partial charge in [0.05, 0.1) is 0 Å². The van der Waals surface area contributed by atoms with Gasteiger partial charge in [0.2, 0.25) is 6.85 Å². The van der Waals surface area contributed by atoms with Crippen LogP contribution in [0.2, 0.25) is 12.6 Å². The lowest BCUT2D eigenvalue weighted by molar-refractivity contribution is 0.480. The molecule has 78 valence electrons. The summed E-state index contributed by atoms with van der Waals surface area (Å²) < 4.78 is 0. The molecule has 0 bridgehead atoms. The summed E-state index contributed by atoms with van der Waals surface area (Å²) in [4.78, 5) is 2.64. The normalized spacial score (nSPS) is 22.1. The van der Waals surface area contributed by atoms with Crippen LogP contribution in [0.4, 0.5) is 0 Å². The fourth-order valence-electron chi connectivity index (χ4n) is 3.16. The highest BCUT2D eigenvalue weighted by atomic mass is 15.0. The lowest BCUT2D eigenvalue weighted by atomic mass is 9.56. The Morgan fingerprint density at radius 3 is 1.93 bits per heavy atom. The van der Waals surface area contributed by atoms with Gasteiger partial charge in [-0.15, -0.1) is 0 Å².